The van der Waals surface area contributed by atoms with E-state index in [4.69, 9.17) is 18.5 Å². The Morgan fingerprint density at radius 2 is 0.911 bits per heavy atom. The quantitative estimate of drug-likeness (QED) is 0.0272. The molecular weight excluding hydrogens is 599 g/mol. The van der Waals surface area contributed by atoms with E-state index >= 15 is 0 Å². The van der Waals surface area contributed by atoms with Crippen LogP contribution >= 0.6 is 7.82 Å². The molecule has 0 aliphatic rings. The van der Waals surface area contributed by atoms with Crippen molar-refractivity contribution in [3.8, 4) is 0 Å². The Labute approximate surface area is 273 Å². The van der Waals surface area contributed by atoms with Gasteiger partial charge in [-0.15, -0.1) is 0 Å². The van der Waals surface area contributed by atoms with E-state index in [1.165, 1.54) is 57.8 Å². The summed E-state index contributed by atoms with van der Waals surface area (Å²) in [6.07, 6.45) is 24.8. The number of esters is 2. The van der Waals surface area contributed by atoms with Gasteiger partial charge in [0.05, 0.1) is 26.4 Å². The van der Waals surface area contributed by atoms with E-state index in [0.717, 1.165) is 57.8 Å². The van der Waals surface area contributed by atoms with E-state index < -0.39 is 58.4 Å². The van der Waals surface area contributed by atoms with Gasteiger partial charge in [0, 0.05) is 12.8 Å². The van der Waals surface area contributed by atoms with Crippen molar-refractivity contribution in [2.24, 2.45) is 0 Å². The number of carbonyl (C=O) groups is 2. The maximum Gasteiger partial charge on any atom is 0.472 e. The summed E-state index contributed by atoms with van der Waals surface area (Å²) in [7, 11) is -4.62. The van der Waals surface area contributed by atoms with Crippen LogP contribution in [0, 0.1) is 0 Å². The Morgan fingerprint density at radius 3 is 1.31 bits per heavy atom. The molecule has 45 heavy (non-hydrogen) atoms. The van der Waals surface area contributed by atoms with E-state index in [2.05, 4.69) is 26.0 Å². The van der Waals surface area contributed by atoms with Gasteiger partial charge < -0.3 is 24.6 Å². The summed E-state index contributed by atoms with van der Waals surface area (Å²) in [5.74, 6) is -1.03. The Bertz CT molecular complexity index is 776. The molecule has 0 fully saturated rings. The largest absolute Gasteiger partial charge is 0.472 e. The Hall–Kier alpha value is -1.29. The average molecular weight is 665 g/mol. The van der Waals surface area contributed by atoms with Gasteiger partial charge in [0.25, 0.3) is 0 Å². The molecule has 3 unspecified atom stereocenters. The zero-order valence-electron chi connectivity index (χ0n) is 28.3. The molecule has 0 saturated carbocycles. The zero-order valence-corrected chi connectivity index (χ0v) is 29.2. The third kappa shape index (κ3) is 29.8. The van der Waals surface area contributed by atoms with Crippen LogP contribution in [-0.4, -0.2) is 65.7 Å². The number of hydrogen-bond acceptors (Lipinski definition) is 9. The molecule has 3 atom stereocenters. The topological polar surface area (TPSA) is 149 Å². The van der Waals surface area contributed by atoms with Crippen LogP contribution in [0.15, 0.2) is 12.2 Å². The molecule has 0 spiro atoms. The molecule has 0 saturated heterocycles. The van der Waals surface area contributed by atoms with Gasteiger partial charge in [0.2, 0.25) is 0 Å². The van der Waals surface area contributed by atoms with E-state index in [0.29, 0.717) is 12.8 Å². The molecule has 0 amide bonds. The number of rotatable bonds is 33. The average Bonchev–Trinajstić information content (AvgIpc) is 3.02. The van der Waals surface area contributed by atoms with Crippen LogP contribution in [0.5, 0.6) is 0 Å². The van der Waals surface area contributed by atoms with Crippen LogP contribution in [0.25, 0.3) is 0 Å². The van der Waals surface area contributed by atoms with Gasteiger partial charge in [-0.2, -0.15) is 0 Å². The van der Waals surface area contributed by atoms with Gasteiger partial charge in [-0.3, -0.25) is 18.6 Å². The number of carbonyl (C=O) groups excluding carboxylic acids is 2. The Morgan fingerprint density at radius 1 is 0.578 bits per heavy atom. The first kappa shape index (κ1) is 43.7. The molecule has 11 heteroatoms. The van der Waals surface area contributed by atoms with Crippen LogP contribution in [-0.2, 0) is 32.7 Å². The predicted molar refractivity (Wildman–Crippen MR) is 178 cm³/mol. The standard InChI is InChI=1S/C34H65O10P/c1-3-5-7-9-11-13-15-16-18-20-22-24-26-34(38)44-32(28-36)30-42-45(39,40)41-29-31(27-35)43-33(37)25-23-21-19-17-14-12-10-8-6-4-2/h11,13,31-32,35-36H,3-10,12,14-30H2,1-2H3,(H,39,40)/b13-11-. The predicted octanol–water partition coefficient (Wildman–Crippen LogP) is 8.11. The third-order valence-corrected chi connectivity index (χ3v) is 8.43. The highest BCUT2D eigenvalue weighted by Gasteiger charge is 2.27. The van der Waals surface area contributed by atoms with Crippen molar-refractivity contribution in [1.82, 2.24) is 0 Å². The lowest BCUT2D eigenvalue weighted by Crippen LogP contribution is -2.28. The second-order valence-electron chi connectivity index (χ2n) is 11.9. The van der Waals surface area contributed by atoms with Gasteiger partial charge in [0.15, 0.2) is 0 Å². The van der Waals surface area contributed by atoms with Crippen molar-refractivity contribution in [1.29, 1.82) is 0 Å². The van der Waals surface area contributed by atoms with Crippen molar-refractivity contribution >= 4 is 19.8 Å². The highest BCUT2D eigenvalue weighted by Crippen LogP contribution is 2.43. The molecule has 0 aliphatic carbocycles. The molecule has 10 nitrogen and oxygen atoms in total. The fourth-order valence-electron chi connectivity index (χ4n) is 4.70. The second kappa shape index (κ2) is 31.3. The van der Waals surface area contributed by atoms with E-state index in [9.17, 15) is 29.3 Å². The van der Waals surface area contributed by atoms with E-state index in [1.807, 2.05) is 0 Å². The number of unbranched alkanes of at least 4 members (excludes halogenated alkanes) is 17. The number of allylic oxidation sites excluding steroid dienone is 2. The zero-order chi connectivity index (χ0) is 33.4. The molecule has 0 aromatic heterocycles. The fourth-order valence-corrected chi connectivity index (χ4v) is 5.48. The molecule has 0 rings (SSSR count). The minimum Gasteiger partial charge on any atom is -0.457 e. The molecule has 0 aliphatic heterocycles. The van der Waals surface area contributed by atoms with Crippen LogP contribution in [0.1, 0.15) is 155 Å². The van der Waals surface area contributed by atoms with E-state index in [-0.39, 0.29) is 12.8 Å². The van der Waals surface area contributed by atoms with Crippen molar-refractivity contribution in [3.05, 3.63) is 12.2 Å². The summed E-state index contributed by atoms with van der Waals surface area (Å²) >= 11 is 0. The normalized spacial score (nSPS) is 14.3. The number of phosphoric ester groups is 1. The molecular formula is C34H65O10P. The van der Waals surface area contributed by atoms with Gasteiger partial charge >= 0.3 is 19.8 Å². The highest BCUT2D eigenvalue weighted by atomic mass is 31.2. The lowest BCUT2D eigenvalue weighted by atomic mass is 10.1. The van der Waals surface area contributed by atoms with Crippen LogP contribution < -0.4 is 0 Å². The fraction of sp³-hybridized carbons (Fsp3) is 0.882. The molecule has 266 valence electrons. The Balaban J connectivity index is 4.03. The lowest BCUT2D eigenvalue weighted by Gasteiger charge is -2.20. The molecule has 0 aromatic rings. The first-order chi connectivity index (χ1) is 21.8. The van der Waals surface area contributed by atoms with E-state index in [1.54, 1.807) is 0 Å². The first-order valence-electron chi connectivity index (χ1n) is 17.6. The number of ether oxygens (including phenoxy) is 2. The van der Waals surface area contributed by atoms with Crippen molar-refractivity contribution in [2.45, 2.75) is 167 Å². The Kier molecular flexibility index (Phi) is 30.4. The number of aliphatic hydroxyl groups is 2. The van der Waals surface area contributed by atoms with Crippen LogP contribution in [0.2, 0.25) is 0 Å². The van der Waals surface area contributed by atoms with Gasteiger partial charge in [-0.1, -0.05) is 116 Å². The van der Waals surface area contributed by atoms with Gasteiger partial charge in [-0.05, 0) is 38.5 Å². The third-order valence-electron chi connectivity index (χ3n) is 7.48. The summed E-state index contributed by atoms with van der Waals surface area (Å²) < 4.78 is 32.3. The molecule has 0 radical (unpaired) electrons. The monoisotopic (exact) mass is 664 g/mol. The number of aliphatic hydroxyl groups excluding tert-OH is 2. The molecule has 0 aromatic carbocycles. The van der Waals surface area contributed by atoms with Gasteiger partial charge in [0.1, 0.15) is 12.2 Å². The maximum atomic E-state index is 12.3. The van der Waals surface area contributed by atoms with Gasteiger partial charge in [-0.25, -0.2) is 4.57 Å². The highest BCUT2D eigenvalue weighted by molar-refractivity contribution is 7.47. The second-order valence-corrected chi connectivity index (χ2v) is 13.3. The first-order valence-corrected chi connectivity index (χ1v) is 19.1. The number of hydrogen-bond donors (Lipinski definition) is 3. The summed E-state index contributed by atoms with van der Waals surface area (Å²) in [6.45, 7) is 2.13. The molecule has 3 N–H and O–H groups in total. The lowest BCUT2D eigenvalue weighted by molar-refractivity contribution is -0.153. The minimum absolute atomic E-state index is 0.184. The van der Waals surface area contributed by atoms with Crippen LogP contribution in [0.4, 0.5) is 0 Å². The summed E-state index contributed by atoms with van der Waals surface area (Å²) in [5, 5.41) is 19.0. The summed E-state index contributed by atoms with van der Waals surface area (Å²) in [4.78, 5) is 34.2. The smallest absolute Gasteiger partial charge is 0.457 e. The van der Waals surface area contributed by atoms with Crippen molar-refractivity contribution in [2.75, 3.05) is 26.4 Å². The molecule has 0 bridgehead atoms. The minimum atomic E-state index is -4.62. The maximum absolute atomic E-state index is 12.3. The summed E-state index contributed by atoms with van der Waals surface area (Å²) in [5.41, 5.74) is 0. The summed E-state index contributed by atoms with van der Waals surface area (Å²) in [6, 6.07) is 0. The van der Waals surface area contributed by atoms with Crippen molar-refractivity contribution < 1.29 is 47.8 Å². The number of phosphoric acid groups is 1. The SMILES string of the molecule is CCCCC/C=C\CCCCCCCC(=O)OC(CO)COP(=O)(O)OCC(CO)OC(=O)CCCCCCCCCCCC. The van der Waals surface area contributed by atoms with Crippen LogP contribution in [0.3, 0.4) is 0 Å². The molecule has 0 heterocycles. The van der Waals surface area contributed by atoms with Crippen molar-refractivity contribution in [3.63, 3.8) is 0 Å².